The average molecular weight is 283 g/mol. The molecule has 1 aromatic heterocycles. The predicted molar refractivity (Wildman–Crippen MR) is 79.6 cm³/mol. The molecule has 2 nitrogen and oxygen atoms in total. The minimum Gasteiger partial charge on any atom is -0.299 e. The quantitative estimate of drug-likeness (QED) is 0.859. The van der Waals surface area contributed by atoms with Crippen molar-refractivity contribution in [1.29, 1.82) is 0 Å². The lowest BCUT2D eigenvalue weighted by molar-refractivity contribution is -0.120. The molecular weight excluding hydrogens is 266 g/mol. The molecule has 0 amide bonds. The average Bonchev–Trinajstić information content (AvgIpc) is 2.78. The zero-order valence-electron chi connectivity index (χ0n) is 11.3. The second-order valence-corrected chi connectivity index (χ2v) is 7.85. The summed E-state index contributed by atoms with van der Waals surface area (Å²) in [5.41, 5.74) is 1.04. The number of carbonyl (C=O) groups is 1. The number of nitrogens with zero attached hydrogens (tertiary/aromatic N) is 1. The maximum Gasteiger partial charge on any atom is 0.143 e. The number of ketones is 1. The lowest BCUT2D eigenvalue weighted by Crippen LogP contribution is -2.12. The molecule has 3 heteroatoms. The Morgan fingerprint density at radius 3 is 2.70 bits per heavy atom. The third kappa shape index (κ3) is 1.50. The number of hydrogen-bond donors (Lipinski definition) is 0. The van der Waals surface area contributed by atoms with Gasteiger partial charge in [-0.25, -0.2) is 4.98 Å². The molecule has 0 N–H and O–H groups in total. The van der Waals surface area contributed by atoms with Crippen molar-refractivity contribution in [3.63, 3.8) is 0 Å². The van der Waals surface area contributed by atoms with Crippen molar-refractivity contribution in [2.75, 3.05) is 0 Å². The second-order valence-electron chi connectivity index (χ2n) is 6.73. The summed E-state index contributed by atoms with van der Waals surface area (Å²) < 4.78 is 1.20. The Labute approximate surface area is 122 Å². The first kappa shape index (κ1) is 11.4. The maximum atomic E-state index is 12.6. The van der Waals surface area contributed by atoms with Crippen LogP contribution in [0.5, 0.6) is 0 Å². The van der Waals surface area contributed by atoms with Crippen molar-refractivity contribution in [3.8, 4) is 0 Å². The number of hydrogen-bond acceptors (Lipinski definition) is 3. The summed E-state index contributed by atoms with van der Waals surface area (Å²) in [5, 5.41) is 1.01. The molecule has 0 saturated heterocycles. The van der Waals surface area contributed by atoms with Crippen LogP contribution in [-0.4, -0.2) is 10.8 Å². The van der Waals surface area contributed by atoms with Crippen LogP contribution in [0, 0.1) is 29.6 Å². The summed E-state index contributed by atoms with van der Waals surface area (Å²) in [6.45, 7) is 0. The summed E-state index contributed by atoms with van der Waals surface area (Å²) in [6, 6.07) is 8.17. The number of thiazole rings is 1. The number of fused-ring (bicyclic) bond motifs is 6. The van der Waals surface area contributed by atoms with Gasteiger partial charge in [0.2, 0.25) is 0 Å². The molecule has 4 unspecified atom stereocenters. The molecular formula is C17H17NOS. The van der Waals surface area contributed by atoms with Crippen molar-refractivity contribution < 1.29 is 4.79 Å². The Hall–Kier alpha value is -1.22. The van der Waals surface area contributed by atoms with Crippen molar-refractivity contribution in [1.82, 2.24) is 4.98 Å². The van der Waals surface area contributed by atoms with Crippen LogP contribution in [-0.2, 0) is 11.2 Å². The molecule has 2 bridgehead atoms. The molecule has 0 aliphatic heterocycles. The number of aromatic nitrogens is 1. The largest absolute Gasteiger partial charge is 0.299 e. The zero-order valence-corrected chi connectivity index (χ0v) is 12.1. The van der Waals surface area contributed by atoms with Crippen molar-refractivity contribution in [2.24, 2.45) is 29.6 Å². The van der Waals surface area contributed by atoms with Gasteiger partial charge in [-0.2, -0.15) is 0 Å². The number of para-hydroxylation sites is 1. The van der Waals surface area contributed by atoms with Crippen LogP contribution in [0.2, 0.25) is 0 Å². The fourth-order valence-corrected chi connectivity index (χ4v) is 5.99. The van der Waals surface area contributed by atoms with Crippen LogP contribution >= 0.6 is 11.3 Å². The lowest BCUT2D eigenvalue weighted by atomic mass is 9.99. The smallest absolute Gasteiger partial charge is 0.143 e. The topological polar surface area (TPSA) is 30.0 Å². The molecule has 4 atom stereocenters. The van der Waals surface area contributed by atoms with E-state index in [1.807, 2.05) is 18.2 Å². The third-order valence-electron chi connectivity index (χ3n) is 5.77. The normalized spacial score (nSPS) is 37.3. The minimum atomic E-state index is 0.397. The lowest BCUT2D eigenvalue weighted by Gasteiger charge is -2.06. The first-order valence-electron chi connectivity index (χ1n) is 7.68. The summed E-state index contributed by atoms with van der Waals surface area (Å²) in [4.78, 5) is 17.2. The molecule has 0 radical (unpaired) electrons. The van der Waals surface area contributed by atoms with Gasteiger partial charge in [-0.1, -0.05) is 12.1 Å². The predicted octanol–water partition coefficient (Wildman–Crippen LogP) is 3.70. The molecule has 1 heterocycles. The monoisotopic (exact) mass is 283 g/mol. The molecule has 20 heavy (non-hydrogen) atoms. The van der Waals surface area contributed by atoms with E-state index in [0.29, 0.717) is 18.1 Å². The van der Waals surface area contributed by atoms with Gasteiger partial charge in [0, 0.05) is 5.92 Å². The van der Waals surface area contributed by atoms with Gasteiger partial charge >= 0.3 is 0 Å². The van der Waals surface area contributed by atoms with Crippen molar-refractivity contribution in [2.45, 2.75) is 25.7 Å². The summed E-state index contributed by atoms with van der Waals surface area (Å²) >= 11 is 1.68. The first-order valence-corrected chi connectivity index (χ1v) is 8.50. The molecule has 1 aromatic carbocycles. The Morgan fingerprint density at radius 1 is 1.20 bits per heavy atom. The number of carbonyl (C=O) groups excluding carboxylic acids is 1. The maximum absolute atomic E-state index is 12.6. The third-order valence-corrected chi connectivity index (χ3v) is 6.81. The Kier molecular flexibility index (Phi) is 2.24. The van der Waals surface area contributed by atoms with Crippen LogP contribution in [0.3, 0.4) is 0 Å². The van der Waals surface area contributed by atoms with E-state index in [-0.39, 0.29) is 0 Å². The fraction of sp³-hybridized carbons (Fsp3) is 0.529. The van der Waals surface area contributed by atoms with Gasteiger partial charge in [0.15, 0.2) is 0 Å². The van der Waals surface area contributed by atoms with E-state index in [1.165, 1.54) is 24.0 Å². The molecule has 102 valence electrons. The van der Waals surface area contributed by atoms with E-state index in [2.05, 4.69) is 11.1 Å². The van der Waals surface area contributed by atoms with Crippen LogP contribution < -0.4 is 0 Å². The summed E-state index contributed by atoms with van der Waals surface area (Å²) in [5.74, 6) is 4.15. The number of benzene rings is 1. The first-order chi connectivity index (χ1) is 9.81. The Morgan fingerprint density at radius 2 is 1.95 bits per heavy atom. The van der Waals surface area contributed by atoms with Gasteiger partial charge in [0.05, 0.1) is 16.6 Å². The molecule has 3 saturated carbocycles. The van der Waals surface area contributed by atoms with E-state index in [0.717, 1.165) is 34.2 Å². The van der Waals surface area contributed by atoms with Gasteiger partial charge < -0.3 is 0 Å². The Bertz CT molecular complexity index is 657. The minimum absolute atomic E-state index is 0.397. The highest BCUT2D eigenvalue weighted by Crippen LogP contribution is 2.69. The van der Waals surface area contributed by atoms with E-state index in [4.69, 9.17) is 0 Å². The highest BCUT2D eigenvalue weighted by Gasteiger charge is 2.66. The zero-order chi connectivity index (χ0) is 13.3. The van der Waals surface area contributed by atoms with E-state index < -0.39 is 0 Å². The molecule has 3 fully saturated rings. The standard InChI is InChI=1S/C17H17NOS/c19-12(17-15-9-5-6-10(7-9)16(15)17)8-14-18-11-3-1-2-4-13(11)20-14/h1-4,9-10,15-17H,5-8H2. The van der Waals surface area contributed by atoms with Crippen LogP contribution in [0.25, 0.3) is 10.2 Å². The molecule has 2 aromatic rings. The summed E-state index contributed by atoms with van der Waals surface area (Å²) in [6.07, 6.45) is 4.75. The van der Waals surface area contributed by atoms with Gasteiger partial charge in [0.1, 0.15) is 10.8 Å². The van der Waals surface area contributed by atoms with Gasteiger partial charge in [-0.05, 0) is 55.1 Å². The highest BCUT2D eigenvalue weighted by atomic mass is 32.1. The molecule has 5 rings (SSSR count). The fourth-order valence-electron chi connectivity index (χ4n) is 5.02. The molecule has 0 spiro atoms. The highest BCUT2D eigenvalue weighted by molar-refractivity contribution is 7.18. The Balaban J connectivity index is 1.36. The van der Waals surface area contributed by atoms with E-state index >= 15 is 0 Å². The van der Waals surface area contributed by atoms with Crippen molar-refractivity contribution >= 4 is 27.3 Å². The van der Waals surface area contributed by atoms with E-state index in [1.54, 1.807) is 11.3 Å². The van der Waals surface area contributed by atoms with Crippen LogP contribution in [0.1, 0.15) is 24.3 Å². The number of rotatable bonds is 3. The summed E-state index contributed by atoms with van der Waals surface area (Å²) in [7, 11) is 0. The van der Waals surface area contributed by atoms with Gasteiger partial charge in [-0.3, -0.25) is 4.79 Å². The van der Waals surface area contributed by atoms with Crippen LogP contribution in [0.4, 0.5) is 0 Å². The number of Topliss-reactive ketones (excluding diaryl/α,β-unsaturated/α-hetero) is 1. The van der Waals surface area contributed by atoms with Crippen molar-refractivity contribution in [3.05, 3.63) is 29.3 Å². The van der Waals surface area contributed by atoms with Crippen LogP contribution in [0.15, 0.2) is 24.3 Å². The molecule has 3 aliphatic carbocycles. The van der Waals surface area contributed by atoms with Gasteiger partial charge in [-0.15, -0.1) is 11.3 Å². The second kappa shape index (κ2) is 3.91. The molecule has 3 aliphatic rings. The van der Waals surface area contributed by atoms with E-state index in [9.17, 15) is 4.79 Å². The van der Waals surface area contributed by atoms with Gasteiger partial charge in [0.25, 0.3) is 0 Å². The SMILES string of the molecule is O=C(Cc1nc2ccccc2s1)C1C2C3CCC(C3)C12.